The zero-order valence-corrected chi connectivity index (χ0v) is 12.1. The lowest BCUT2D eigenvalue weighted by Crippen LogP contribution is -2.14. The smallest absolute Gasteiger partial charge is 0.195 e. The van der Waals surface area contributed by atoms with Crippen LogP contribution in [0.4, 0.5) is 4.39 Å². The highest BCUT2D eigenvalue weighted by molar-refractivity contribution is 9.10. The maximum absolute atomic E-state index is 14.2. The van der Waals surface area contributed by atoms with E-state index in [2.05, 4.69) is 31.3 Å². The molecule has 0 aliphatic heterocycles. The molecule has 0 fully saturated rings. The molecule has 0 saturated carbocycles. The summed E-state index contributed by atoms with van der Waals surface area (Å²) in [5.74, 6) is -0.668. The number of benzene rings is 1. The Labute approximate surface area is 120 Å². The molecule has 0 saturated heterocycles. The second-order valence-electron chi connectivity index (χ2n) is 3.55. The van der Waals surface area contributed by atoms with Gasteiger partial charge in [-0.15, -0.1) is 10.2 Å². The van der Waals surface area contributed by atoms with Crippen molar-refractivity contribution in [1.82, 2.24) is 14.8 Å². The SMILES string of the molecule is Cn1cnnc1Sc1ccc(/C(N)=N/O)c(Br)c1F. The van der Waals surface area contributed by atoms with Crippen molar-refractivity contribution in [2.75, 3.05) is 0 Å². The average molecular weight is 346 g/mol. The molecule has 6 nitrogen and oxygen atoms in total. The van der Waals surface area contributed by atoms with E-state index in [1.54, 1.807) is 17.7 Å². The normalized spacial score (nSPS) is 11.8. The summed E-state index contributed by atoms with van der Waals surface area (Å²) in [6.07, 6.45) is 1.53. The lowest BCUT2D eigenvalue weighted by molar-refractivity contribution is 0.318. The fourth-order valence-corrected chi connectivity index (χ4v) is 2.81. The second-order valence-corrected chi connectivity index (χ2v) is 5.35. The van der Waals surface area contributed by atoms with Crippen molar-refractivity contribution in [2.45, 2.75) is 10.1 Å². The van der Waals surface area contributed by atoms with Crippen LogP contribution < -0.4 is 5.73 Å². The lowest BCUT2D eigenvalue weighted by atomic mass is 10.2. The Balaban J connectivity index is 2.39. The Kier molecular flexibility index (Phi) is 4.05. The molecule has 1 aromatic heterocycles. The Bertz CT molecular complexity index is 645. The number of hydrogen-bond donors (Lipinski definition) is 2. The minimum Gasteiger partial charge on any atom is -0.409 e. The zero-order valence-electron chi connectivity index (χ0n) is 9.71. The fourth-order valence-electron chi connectivity index (χ4n) is 1.33. The van der Waals surface area contributed by atoms with Gasteiger partial charge in [-0.05, 0) is 39.8 Å². The zero-order chi connectivity index (χ0) is 14.0. The van der Waals surface area contributed by atoms with Crippen LogP contribution in [-0.2, 0) is 7.05 Å². The summed E-state index contributed by atoms with van der Waals surface area (Å²) >= 11 is 4.22. The van der Waals surface area contributed by atoms with Gasteiger partial charge in [0.25, 0.3) is 0 Å². The van der Waals surface area contributed by atoms with Crippen LogP contribution in [0.2, 0.25) is 0 Å². The van der Waals surface area contributed by atoms with E-state index in [1.807, 2.05) is 0 Å². The number of aryl methyl sites for hydroxylation is 1. The number of oxime groups is 1. The highest BCUT2D eigenvalue weighted by atomic mass is 79.9. The summed E-state index contributed by atoms with van der Waals surface area (Å²) < 4.78 is 16.0. The standard InChI is InChI=1S/C10H9BrFN5OS/c1-17-4-14-15-10(17)19-6-3-2-5(9(13)16-18)7(11)8(6)12/h2-4,18H,1H3,(H2,13,16). The van der Waals surface area contributed by atoms with Gasteiger partial charge in [0.2, 0.25) is 0 Å². The van der Waals surface area contributed by atoms with Gasteiger partial charge < -0.3 is 15.5 Å². The van der Waals surface area contributed by atoms with Gasteiger partial charge in [-0.25, -0.2) is 4.39 Å². The van der Waals surface area contributed by atoms with Crippen LogP contribution in [0.15, 0.2) is 38.1 Å². The molecule has 1 aromatic carbocycles. The van der Waals surface area contributed by atoms with Crippen molar-refractivity contribution in [2.24, 2.45) is 17.9 Å². The molecule has 0 radical (unpaired) electrons. The maximum atomic E-state index is 14.2. The molecule has 0 bridgehead atoms. The van der Waals surface area contributed by atoms with E-state index >= 15 is 0 Å². The van der Waals surface area contributed by atoms with E-state index in [9.17, 15) is 4.39 Å². The van der Waals surface area contributed by atoms with Crippen LogP contribution in [-0.4, -0.2) is 25.8 Å². The first-order valence-electron chi connectivity index (χ1n) is 5.02. The summed E-state index contributed by atoms with van der Waals surface area (Å²) in [4.78, 5) is 0.359. The van der Waals surface area contributed by atoms with E-state index in [4.69, 9.17) is 10.9 Å². The predicted octanol–water partition coefficient (Wildman–Crippen LogP) is 1.96. The highest BCUT2D eigenvalue weighted by Gasteiger charge is 2.16. The number of rotatable bonds is 3. The van der Waals surface area contributed by atoms with Crippen LogP contribution in [0, 0.1) is 5.82 Å². The van der Waals surface area contributed by atoms with Crippen molar-refractivity contribution in [3.63, 3.8) is 0 Å². The number of amidine groups is 1. The van der Waals surface area contributed by atoms with Crippen molar-refractivity contribution >= 4 is 33.5 Å². The Morgan fingerprint density at radius 1 is 1.58 bits per heavy atom. The Hall–Kier alpha value is -1.61. The third-order valence-corrected chi connectivity index (χ3v) is 4.16. The van der Waals surface area contributed by atoms with E-state index in [1.165, 1.54) is 12.4 Å². The molecular formula is C10H9BrFN5OS. The summed E-state index contributed by atoms with van der Waals surface area (Å²) in [6, 6.07) is 3.09. The fraction of sp³-hybridized carbons (Fsp3) is 0.100. The number of aromatic nitrogens is 3. The molecule has 2 rings (SSSR count). The number of hydrogen-bond acceptors (Lipinski definition) is 5. The van der Waals surface area contributed by atoms with Gasteiger partial charge in [-0.1, -0.05) is 5.16 Å². The van der Waals surface area contributed by atoms with Gasteiger partial charge in [0.15, 0.2) is 16.8 Å². The molecule has 0 atom stereocenters. The van der Waals surface area contributed by atoms with E-state index in [-0.39, 0.29) is 15.9 Å². The van der Waals surface area contributed by atoms with Crippen LogP contribution >= 0.6 is 27.7 Å². The Morgan fingerprint density at radius 3 is 2.89 bits per heavy atom. The van der Waals surface area contributed by atoms with Crippen molar-refractivity contribution < 1.29 is 9.60 Å². The van der Waals surface area contributed by atoms with E-state index < -0.39 is 5.82 Å². The monoisotopic (exact) mass is 345 g/mol. The molecular weight excluding hydrogens is 337 g/mol. The first-order valence-corrected chi connectivity index (χ1v) is 6.63. The molecule has 100 valence electrons. The summed E-state index contributed by atoms with van der Waals surface area (Å²) in [6.45, 7) is 0. The molecule has 9 heteroatoms. The van der Waals surface area contributed by atoms with Crippen LogP contribution in [0.1, 0.15) is 5.56 Å². The number of halogens is 2. The van der Waals surface area contributed by atoms with E-state index in [0.29, 0.717) is 10.1 Å². The number of nitrogens with zero attached hydrogens (tertiary/aromatic N) is 4. The summed E-state index contributed by atoms with van der Waals surface area (Å²) in [5.41, 5.74) is 5.72. The van der Waals surface area contributed by atoms with Gasteiger partial charge >= 0.3 is 0 Å². The molecule has 2 aromatic rings. The first kappa shape index (κ1) is 13.8. The minimum absolute atomic E-state index is 0.134. The highest BCUT2D eigenvalue weighted by Crippen LogP contribution is 2.33. The summed E-state index contributed by atoms with van der Waals surface area (Å²) in [7, 11) is 1.76. The van der Waals surface area contributed by atoms with Gasteiger partial charge in [0.1, 0.15) is 6.33 Å². The molecule has 0 aliphatic carbocycles. The third kappa shape index (κ3) is 2.71. The molecule has 0 spiro atoms. The summed E-state index contributed by atoms with van der Waals surface area (Å²) in [5, 5.41) is 19.6. The minimum atomic E-state index is -0.503. The predicted molar refractivity (Wildman–Crippen MR) is 71.7 cm³/mol. The number of nitrogens with two attached hydrogens (primary N) is 1. The molecule has 3 N–H and O–H groups in total. The van der Waals surface area contributed by atoms with Gasteiger partial charge in [0, 0.05) is 12.6 Å². The molecule has 0 aliphatic rings. The van der Waals surface area contributed by atoms with Gasteiger partial charge in [-0.2, -0.15) is 0 Å². The third-order valence-electron chi connectivity index (χ3n) is 2.30. The van der Waals surface area contributed by atoms with Crippen molar-refractivity contribution in [3.8, 4) is 0 Å². The average Bonchev–Trinajstić information content (AvgIpc) is 2.80. The van der Waals surface area contributed by atoms with Crippen LogP contribution in [0.5, 0.6) is 0 Å². The van der Waals surface area contributed by atoms with Crippen LogP contribution in [0.3, 0.4) is 0 Å². The van der Waals surface area contributed by atoms with Crippen LogP contribution in [0.25, 0.3) is 0 Å². The largest absolute Gasteiger partial charge is 0.409 e. The molecule has 1 heterocycles. The van der Waals surface area contributed by atoms with Crippen molar-refractivity contribution in [1.29, 1.82) is 0 Å². The molecule has 0 amide bonds. The molecule has 0 unspecified atom stereocenters. The first-order chi connectivity index (χ1) is 9.04. The second kappa shape index (κ2) is 5.57. The lowest BCUT2D eigenvalue weighted by Gasteiger charge is -2.07. The van der Waals surface area contributed by atoms with E-state index in [0.717, 1.165) is 11.8 Å². The van der Waals surface area contributed by atoms with Gasteiger partial charge in [-0.3, -0.25) is 0 Å². The molecule has 19 heavy (non-hydrogen) atoms. The van der Waals surface area contributed by atoms with Gasteiger partial charge in [0.05, 0.1) is 9.37 Å². The Morgan fingerprint density at radius 2 is 2.32 bits per heavy atom. The quantitative estimate of drug-likeness (QED) is 0.384. The van der Waals surface area contributed by atoms with Crippen molar-refractivity contribution in [3.05, 3.63) is 34.3 Å². The topological polar surface area (TPSA) is 89.3 Å². The maximum Gasteiger partial charge on any atom is 0.195 e.